The number of carbonyl (C=O) groups excluding carboxylic acids is 1. The van der Waals surface area contributed by atoms with Crippen LogP contribution in [0.15, 0.2) is 30.3 Å². The summed E-state index contributed by atoms with van der Waals surface area (Å²) in [5.41, 5.74) is 16.7. The van der Waals surface area contributed by atoms with Crippen molar-refractivity contribution in [2.45, 2.75) is 43.3 Å². The number of hydrogen-bond donors (Lipinski definition) is 2. The fourth-order valence-corrected chi connectivity index (χ4v) is 5.58. The highest BCUT2D eigenvalue weighted by molar-refractivity contribution is 5.83. The van der Waals surface area contributed by atoms with Crippen LogP contribution >= 0.6 is 0 Å². The van der Waals surface area contributed by atoms with Crippen molar-refractivity contribution < 1.29 is 18.3 Å². The van der Waals surface area contributed by atoms with E-state index in [1.54, 1.807) is 12.1 Å². The van der Waals surface area contributed by atoms with E-state index in [2.05, 4.69) is 0 Å². The minimum atomic E-state index is -0.983. The van der Waals surface area contributed by atoms with E-state index in [0.717, 1.165) is 35.9 Å². The van der Waals surface area contributed by atoms with E-state index in [1.807, 2.05) is 10.6 Å². The zero-order valence-electron chi connectivity index (χ0n) is 16.9. The summed E-state index contributed by atoms with van der Waals surface area (Å²) in [5.74, 6) is -0.711. The number of aromatic nitrogens is 1. The maximum atomic E-state index is 14.1. The first-order valence-electron chi connectivity index (χ1n) is 10.7. The third-order valence-corrected chi connectivity index (χ3v) is 7.30. The maximum absolute atomic E-state index is 14.1. The zero-order chi connectivity index (χ0) is 21.5. The normalized spacial score (nSPS) is 26.7. The summed E-state index contributed by atoms with van der Waals surface area (Å²) >= 11 is 0. The number of fused-ring (bicyclic) bond motifs is 1. The van der Waals surface area contributed by atoms with Crippen LogP contribution < -0.4 is 16.2 Å². The van der Waals surface area contributed by atoms with Crippen LogP contribution in [0, 0.1) is 17.6 Å². The molecule has 2 unspecified atom stereocenters. The number of halogens is 2. The molecule has 3 aliphatic rings. The fraction of sp³-hybridized carbons (Fsp3) is 0.375. The van der Waals surface area contributed by atoms with E-state index in [1.165, 1.54) is 12.1 Å². The molecule has 2 heterocycles. The zero-order valence-corrected chi connectivity index (χ0v) is 16.9. The SMILES string of the molecule is NC1c2cc(C=O)cc3c2C(CCO3)[C@]1(N)c1cc2cc(F)c(F)cc2n1CC1CC1. The minimum Gasteiger partial charge on any atom is -0.493 e. The second-order valence-corrected chi connectivity index (χ2v) is 9.15. The summed E-state index contributed by atoms with van der Waals surface area (Å²) < 4.78 is 36.1. The van der Waals surface area contributed by atoms with Gasteiger partial charge in [0.1, 0.15) is 12.0 Å². The lowest BCUT2D eigenvalue weighted by molar-refractivity contribution is 0.112. The van der Waals surface area contributed by atoms with Gasteiger partial charge in [0.2, 0.25) is 0 Å². The molecule has 0 radical (unpaired) electrons. The van der Waals surface area contributed by atoms with Gasteiger partial charge in [-0.2, -0.15) is 0 Å². The number of aldehydes is 1. The Morgan fingerprint density at radius 1 is 1.13 bits per heavy atom. The molecule has 7 heteroatoms. The smallest absolute Gasteiger partial charge is 0.160 e. The molecule has 1 fully saturated rings. The van der Waals surface area contributed by atoms with Gasteiger partial charge in [0.05, 0.1) is 23.7 Å². The highest BCUT2D eigenvalue weighted by Gasteiger charge is 2.54. The highest BCUT2D eigenvalue weighted by atomic mass is 19.2. The molecule has 3 aromatic rings. The van der Waals surface area contributed by atoms with Gasteiger partial charge >= 0.3 is 0 Å². The molecular weight excluding hydrogens is 400 g/mol. The average molecular weight is 423 g/mol. The maximum Gasteiger partial charge on any atom is 0.160 e. The molecule has 1 saturated carbocycles. The molecule has 0 bridgehead atoms. The molecule has 1 aliphatic heterocycles. The molecule has 31 heavy (non-hydrogen) atoms. The second-order valence-electron chi connectivity index (χ2n) is 9.15. The summed E-state index contributed by atoms with van der Waals surface area (Å²) in [6, 6.07) is 7.30. The average Bonchev–Trinajstić information content (AvgIpc) is 3.49. The number of nitrogens with zero attached hydrogens (tertiary/aromatic N) is 1. The number of rotatable bonds is 4. The van der Waals surface area contributed by atoms with Crippen molar-refractivity contribution in [3.63, 3.8) is 0 Å². The van der Waals surface area contributed by atoms with Gasteiger partial charge in [-0.15, -0.1) is 0 Å². The monoisotopic (exact) mass is 423 g/mol. The number of nitrogens with two attached hydrogens (primary N) is 2. The Morgan fingerprint density at radius 2 is 1.90 bits per heavy atom. The first kappa shape index (κ1) is 19.0. The van der Waals surface area contributed by atoms with Gasteiger partial charge in [0, 0.05) is 40.7 Å². The predicted octanol–water partition coefficient (Wildman–Crippen LogP) is 3.88. The van der Waals surface area contributed by atoms with Gasteiger partial charge in [-0.1, -0.05) is 0 Å². The van der Waals surface area contributed by atoms with E-state index in [4.69, 9.17) is 16.2 Å². The number of hydrogen-bond acceptors (Lipinski definition) is 4. The fourth-order valence-electron chi connectivity index (χ4n) is 5.58. The Kier molecular flexibility index (Phi) is 3.90. The van der Waals surface area contributed by atoms with Crippen LogP contribution in [-0.2, 0) is 12.1 Å². The number of benzene rings is 2. The van der Waals surface area contributed by atoms with Crippen LogP contribution in [0.25, 0.3) is 10.9 Å². The van der Waals surface area contributed by atoms with Gasteiger partial charge in [-0.25, -0.2) is 8.78 Å². The predicted molar refractivity (Wildman–Crippen MR) is 112 cm³/mol. The summed E-state index contributed by atoms with van der Waals surface area (Å²) in [5, 5.41) is 0.614. The van der Waals surface area contributed by atoms with Crippen molar-refractivity contribution in [2.24, 2.45) is 17.4 Å². The van der Waals surface area contributed by atoms with Gasteiger partial charge in [-0.05, 0) is 55.0 Å². The largest absolute Gasteiger partial charge is 0.493 e. The van der Waals surface area contributed by atoms with Crippen molar-refractivity contribution >= 4 is 17.2 Å². The summed E-state index contributed by atoms with van der Waals surface area (Å²) in [7, 11) is 0. The molecule has 5 nitrogen and oxygen atoms in total. The van der Waals surface area contributed by atoms with Gasteiger partial charge in [0.25, 0.3) is 0 Å². The summed E-state index contributed by atoms with van der Waals surface area (Å²) in [6.07, 6.45) is 3.68. The van der Waals surface area contributed by atoms with Crippen molar-refractivity contribution in [1.29, 1.82) is 0 Å². The lowest BCUT2D eigenvalue weighted by atomic mass is 9.77. The Morgan fingerprint density at radius 3 is 2.65 bits per heavy atom. The first-order chi connectivity index (χ1) is 14.9. The third-order valence-electron chi connectivity index (χ3n) is 7.30. The molecule has 6 rings (SSSR count). The van der Waals surface area contributed by atoms with Crippen LogP contribution in [0.5, 0.6) is 5.75 Å². The minimum absolute atomic E-state index is 0.112. The highest BCUT2D eigenvalue weighted by Crippen LogP contribution is 2.58. The van der Waals surface area contributed by atoms with Crippen molar-refractivity contribution in [1.82, 2.24) is 4.57 Å². The quantitative estimate of drug-likeness (QED) is 0.624. The topological polar surface area (TPSA) is 83.3 Å². The molecule has 0 amide bonds. The van der Waals surface area contributed by atoms with E-state index in [9.17, 15) is 13.6 Å². The standard InChI is InChI=1S/C24H23F2N3O2/c25-17-7-14-8-21(29(10-12-1-2-12)19(14)9-18(17)26)24(28)16-3-4-31-20-6-13(11-30)5-15(22(16)20)23(24)27/h5-9,11-12,16,23H,1-4,10,27-28H2/t16?,23?,24-/m0/s1. The van der Waals surface area contributed by atoms with E-state index < -0.39 is 23.2 Å². The van der Waals surface area contributed by atoms with Crippen LogP contribution in [0.1, 0.15) is 58.4 Å². The Balaban J connectivity index is 1.60. The van der Waals surface area contributed by atoms with Crippen LogP contribution in [0.4, 0.5) is 8.78 Å². The van der Waals surface area contributed by atoms with E-state index in [0.29, 0.717) is 47.7 Å². The molecule has 2 aliphatic carbocycles. The Labute approximate surface area is 178 Å². The van der Waals surface area contributed by atoms with Gasteiger partial charge in [-0.3, -0.25) is 4.79 Å². The van der Waals surface area contributed by atoms with Crippen LogP contribution in [0.3, 0.4) is 0 Å². The van der Waals surface area contributed by atoms with Gasteiger partial charge in [0.15, 0.2) is 11.6 Å². The lowest BCUT2D eigenvalue weighted by Crippen LogP contribution is -2.49. The molecule has 3 atom stereocenters. The van der Waals surface area contributed by atoms with Gasteiger partial charge < -0.3 is 20.8 Å². The number of ether oxygens (including phenoxy) is 1. The molecular formula is C24H23F2N3O2. The van der Waals surface area contributed by atoms with Crippen molar-refractivity contribution in [3.05, 3.63) is 64.4 Å². The van der Waals surface area contributed by atoms with E-state index >= 15 is 0 Å². The third kappa shape index (κ3) is 2.56. The van der Waals surface area contributed by atoms with E-state index in [-0.39, 0.29) is 5.92 Å². The molecule has 0 saturated heterocycles. The lowest BCUT2D eigenvalue weighted by Gasteiger charge is -2.38. The molecule has 4 N–H and O–H groups in total. The Bertz CT molecular complexity index is 1250. The molecule has 2 aromatic carbocycles. The van der Waals surface area contributed by atoms with Crippen molar-refractivity contribution in [2.75, 3.05) is 6.61 Å². The second kappa shape index (κ2) is 6.37. The number of carbonyl (C=O) groups is 1. The first-order valence-corrected chi connectivity index (χ1v) is 10.7. The Hall–Kier alpha value is -2.77. The molecule has 0 spiro atoms. The summed E-state index contributed by atoms with van der Waals surface area (Å²) in [6.45, 7) is 1.17. The summed E-state index contributed by atoms with van der Waals surface area (Å²) in [4.78, 5) is 11.5. The molecule has 1 aromatic heterocycles. The molecule has 160 valence electrons. The van der Waals surface area contributed by atoms with Crippen LogP contribution in [-0.4, -0.2) is 17.5 Å². The van der Waals surface area contributed by atoms with Crippen molar-refractivity contribution in [3.8, 4) is 5.75 Å². The van der Waals surface area contributed by atoms with Crippen LogP contribution in [0.2, 0.25) is 0 Å².